The van der Waals surface area contributed by atoms with Crippen LogP contribution in [0.4, 0.5) is 5.69 Å². The van der Waals surface area contributed by atoms with E-state index in [0.717, 1.165) is 48.4 Å². The van der Waals surface area contributed by atoms with Crippen LogP contribution in [0.3, 0.4) is 0 Å². The third-order valence-electron chi connectivity index (χ3n) is 5.48. The fourth-order valence-electron chi connectivity index (χ4n) is 3.98. The van der Waals surface area contributed by atoms with Crippen molar-refractivity contribution in [2.24, 2.45) is 0 Å². The zero-order valence-corrected chi connectivity index (χ0v) is 16.1. The van der Waals surface area contributed by atoms with Gasteiger partial charge in [0.15, 0.2) is 11.5 Å². The van der Waals surface area contributed by atoms with Crippen molar-refractivity contribution in [3.63, 3.8) is 0 Å². The first-order chi connectivity index (χ1) is 14.2. The highest BCUT2D eigenvalue weighted by atomic mass is 16.7. The molecule has 1 aliphatic heterocycles. The molecular formula is C23H23N3O3. The summed E-state index contributed by atoms with van der Waals surface area (Å²) in [6, 6.07) is 15.5. The first-order valence-electron chi connectivity index (χ1n) is 10.1. The smallest absolute Gasteiger partial charge is 0.251 e. The summed E-state index contributed by atoms with van der Waals surface area (Å²) in [5.74, 6) is 0.961. The van der Waals surface area contributed by atoms with Crippen LogP contribution >= 0.6 is 0 Å². The molecule has 2 aliphatic rings. The largest absolute Gasteiger partial charge is 0.448 e. The van der Waals surface area contributed by atoms with Gasteiger partial charge in [0.05, 0.1) is 11.9 Å². The second-order valence-corrected chi connectivity index (χ2v) is 7.66. The van der Waals surface area contributed by atoms with E-state index in [-0.39, 0.29) is 5.91 Å². The van der Waals surface area contributed by atoms with Crippen LogP contribution in [0.5, 0.6) is 11.5 Å². The molecule has 6 heteroatoms. The number of aryl methyl sites for hydroxylation is 1. The molecule has 0 unspecified atom stereocenters. The fourth-order valence-corrected chi connectivity index (χ4v) is 3.98. The molecule has 1 spiro atoms. The van der Waals surface area contributed by atoms with Gasteiger partial charge in [0.25, 0.3) is 5.79 Å². The number of hydrogen-bond donors (Lipinski definition) is 1. The lowest BCUT2D eigenvalue weighted by atomic mass is 10.2. The number of carbonyl (C=O) groups excluding carboxylic acids is 1. The number of hydrogen-bond acceptors (Lipinski definition) is 4. The highest BCUT2D eigenvalue weighted by molar-refractivity contribution is 5.91. The number of nitrogens with one attached hydrogen (secondary N) is 1. The number of ether oxygens (including phenoxy) is 2. The maximum atomic E-state index is 12.4. The molecule has 29 heavy (non-hydrogen) atoms. The van der Waals surface area contributed by atoms with Gasteiger partial charge in [-0.1, -0.05) is 18.2 Å². The van der Waals surface area contributed by atoms with Crippen LogP contribution in [0, 0.1) is 0 Å². The molecule has 0 saturated heterocycles. The topological polar surface area (TPSA) is 65.4 Å². The maximum Gasteiger partial charge on any atom is 0.251 e. The van der Waals surface area contributed by atoms with Crippen molar-refractivity contribution >= 4 is 11.6 Å². The minimum absolute atomic E-state index is 0.0353. The SMILES string of the molecule is O=C(CCc1cnn(-c2ccccc2)c1)Nc1ccc2c(c1)OC1(CCCC1)O2. The van der Waals surface area contributed by atoms with Crippen LogP contribution in [-0.4, -0.2) is 21.5 Å². The minimum Gasteiger partial charge on any atom is -0.448 e. The average Bonchev–Trinajstić information content (AvgIpc) is 3.47. The Labute approximate surface area is 169 Å². The standard InChI is InChI=1S/C23H23N3O3/c27-22(11-8-17-15-24-26(16-17)19-6-2-1-3-7-19)25-18-9-10-20-21(14-18)29-23(28-20)12-4-5-13-23/h1-3,6-7,9-10,14-16H,4-5,8,11-13H2,(H,25,27). The number of aromatic nitrogens is 2. The van der Waals surface area contributed by atoms with Crippen LogP contribution in [0.25, 0.3) is 5.69 Å². The molecule has 0 bridgehead atoms. The number of fused-ring (bicyclic) bond motifs is 1. The summed E-state index contributed by atoms with van der Waals surface area (Å²) in [6.45, 7) is 0. The first kappa shape index (κ1) is 17.8. The lowest BCUT2D eigenvalue weighted by molar-refractivity contribution is -0.116. The summed E-state index contributed by atoms with van der Waals surface area (Å²) in [5.41, 5.74) is 2.76. The van der Waals surface area contributed by atoms with Gasteiger partial charge < -0.3 is 14.8 Å². The van der Waals surface area contributed by atoms with E-state index in [0.29, 0.717) is 18.6 Å². The van der Waals surface area contributed by atoms with Gasteiger partial charge in [-0.25, -0.2) is 4.68 Å². The number of amides is 1. The summed E-state index contributed by atoms with van der Waals surface area (Å²) in [7, 11) is 0. The van der Waals surface area contributed by atoms with E-state index in [4.69, 9.17) is 9.47 Å². The number of anilines is 1. The number of benzene rings is 2. The van der Waals surface area contributed by atoms with E-state index in [1.165, 1.54) is 0 Å². The Kier molecular flexibility index (Phi) is 4.46. The number of nitrogens with zero attached hydrogens (tertiary/aromatic N) is 2. The summed E-state index contributed by atoms with van der Waals surface area (Å²) in [5, 5.41) is 7.33. The monoisotopic (exact) mass is 389 g/mol. The van der Waals surface area contributed by atoms with Gasteiger partial charge in [-0.05, 0) is 49.1 Å². The van der Waals surface area contributed by atoms with Crippen molar-refractivity contribution in [1.29, 1.82) is 0 Å². The summed E-state index contributed by atoms with van der Waals surface area (Å²) >= 11 is 0. The predicted octanol–water partition coefficient (Wildman–Crippen LogP) is 4.49. The molecule has 1 fully saturated rings. The van der Waals surface area contributed by atoms with E-state index in [2.05, 4.69) is 10.4 Å². The van der Waals surface area contributed by atoms with E-state index in [9.17, 15) is 4.79 Å². The van der Waals surface area contributed by atoms with E-state index in [1.807, 2.05) is 65.6 Å². The molecular weight excluding hydrogens is 366 g/mol. The van der Waals surface area contributed by atoms with Gasteiger partial charge in [-0.15, -0.1) is 0 Å². The predicted molar refractivity (Wildman–Crippen MR) is 109 cm³/mol. The molecule has 2 heterocycles. The van der Waals surface area contributed by atoms with Crippen molar-refractivity contribution in [2.45, 2.75) is 44.3 Å². The molecule has 0 radical (unpaired) electrons. The Hall–Kier alpha value is -3.28. The van der Waals surface area contributed by atoms with E-state index < -0.39 is 5.79 Å². The van der Waals surface area contributed by atoms with Crippen molar-refractivity contribution in [2.75, 3.05) is 5.32 Å². The van der Waals surface area contributed by atoms with Crippen LogP contribution in [0.2, 0.25) is 0 Å². The molecule has 3 aromatic rings. The zero-order chi connectivity index (χ0) is 19.7. The molecule has 0 atom stereocenters. The maximum absolute atomic E-state index is 12.4. The first-order valence-corrected chi connectivity index (χ1v) is 10.1. The van der Waals surface area contributed by atoms with Gasteiger partial charge >= 0.3 is 0 Å². The van der Waals surface area contributed by atoms with Crippen molar-refractivity contribution in [1.82, 2.24) is 9.78 Å². The Morgan fingerprint density at radius 2 is 1.86 bits per heavy atom. The molecule has 148 valence electrons. The van der Waals surface area contributed by atoms with Crippen LogP contribution < -0.4 is 14.8 Å². The lowest BCUT2D eigenvalue weighted by Crippen LogP contribution is -2.34. The molecule has 1 saturated carbocycles. The minimum atomic E-state index is -0.482. The van der Waals surface area contributed by atoms with Crippen molar-refractivity contribution in [3.8, 4) is 17.2 Å². The van der Waals surface area contributed by atoms with Gasteiger partial charge in [-0.3, -0.25) is 4.79 Å². The van der Waals surface area contributed by atoms with Crippen molar-refractivity contribution in [3.05, 3.63) is 66.5 Å². The van der Waals surface area contributed by atoms with Gasteiger partial charge in [0.2, 0.25) is 5.91 Å². The zero-order valence-electron chi connectivity index (χ0n) is 16.1. The van der Waals surface area contributed by atoms with Crippen LogP contribution in [-0.2, 0) is 11.2 Å². The number of carbonyl (C=O) groups is 1. The third kappa shape index (κ3) is 3.70. The Bertz CT molecular complexity index is 1020. The number of para-hydroxylation sites is 1. The van der Waals surface area contributed by atoms with E-state index in [1.54, 1.807) is 0 Å². The highest BCUT2D eigenvalue weighted by Crippen LogP contribution is 2.47. The van der Waals surface area contributed by atoms with Gasteiger partial charge in [0.1, 0.15) is 0 Å². The molecule has 5 rings (SSSR count). The quantitative estimate of drug-likeness (QED) is 0.698. The molecule has 1 N–H and O–H groups in total. The molecule has 1 amide bonds. The Morgan fingerprint density at radius 3 is 2.69 bits per heavy atom. The molecule has 6 nitrogen and oxygen atoms in total. The van der Waals surface area contributed by atoms with Gasteiger partial charge in [-0.2, -0.15) is 5.10 Å². The normalized spacial score (nSPS) is 16.3. The highest BCUT2D eigenvalue weighted by Gasteiger charge is 2.44. The van der Waals surface area contributed by atoms with Crippen LogP contribution in [0.15, 0.2) is 60.9 Å². The summed E-state index contributed by atoms with van der Waals surface area (Å²) in [4.78, 5) is 12.4. The van der Waals surface area contributed by atoms with Gasteiger partial charge in [0, 0.05) is 37.2 Å². The van der Waals surface area contributed by atoms with Crippen LogP contribution in [0.1, 0.15) is 37.7 Å². The number of rotatable bonds is 5. The summed E-state index contributed by atoms with van der Waals surface area (Å²) in [6.07, 6.45) is 8.87. The second kappa shape index (κ2) is 7.28. The Morgan fingerprint density at radius 1 is 1.07 bits per heavy atom. The second-order valence-electron chi connectivity index (χ2n) is 7.66. The fraction of sp³-hybridized carbons (Fsp3) is 0.304. The summed E-state index contributed by atoms with van der Waals surface area (Å²) < 4.78 is 13.9. The van der Waals surface area contributed by atoms with Crippen molar-refractivity contribution < 1.29 is 14.3 Å². The lowest BCUT2D eigenvalue weighted by Gasteiger charge is -2.21. The molecule has 1 aromatic heterocycles. The third-order valence-corrected chi connectivity index (χ3v) is 5.48. The average molecular weight is 389 g/mol. The Balaban J connectivity index is 1.18. The molecule has 2 aromatic carbocycles. The van der Waals surface area contributed by atoms with E-state index >= 15 is 0 Å². The molecule has 1 aliphatic carbocycles.